The minimum absolute atomic E-state index is 0.0709. The average molecular weight is 387 g/mol. The minimum atomic E-state index is -0.414. The zero-order valence-corrected chi connectivity index (χ0v) is 14.8. The molecule has 0 aliphatic carbocycles. The van der Waals surface area contributed by atoms with Crippen LogP contribution in [0.2, 0.25) is 0 Å². The Kier molecular flexibility index (Phi) is 4.88. The van der Waals surface area contributed by atoms with Gasteiger partial charge in [-0.25, -0.2) is 4.39 Å². The van der Waals surface area contributed by atoms with E-state index in [9.17, 15) is 9.18 Å². The maximum Gasteiger partial charge on any atom is 0.234 e. The van der Waals surface area contributed by atoms with Crippen LogP contribution in [0.25, 0.3) is 5.69 Å². The number of benzene rings is 2. The molecule has 0 atom stereocenters. The molecule has 1 N–H and O–H groups in total. The van der Waals surface area contributed by atoms with Crippen molar-refractivity contribution in [2.45, 2.75) is 5.16 Å². The van der Waals surface area contributed by atoms with Crippen molar-refractivity contribution in [1.82, 2.24) is 20.2 Å². The van der Waals surface area contributed by atoms with Gasteiger partial charge in [-0.15, -0.1) is 5.10 Å². The van der Waals surface area contributed by atoms with Crippen molar-refractivity contribution in [2.75, 3.05) is 24.3 Å². The molecule has 10 heteroatoms. The number of ether oxygens (including phenoxy) is 2. The molecule has 0 bridgehead atoms. The number of carbonyl (C=O) groups excluding carboxylic acids is 1. The van der Waals surface area contributed by atoms with Gasteiger partial charge in [0, 0.05) is 11.8 Å². The van der Waals surface area contributed by atoms with E-state index in [1.54, 1.807) is 24.3 Å². The van der Waals surface area contributed by atoms with Crippen molar-refractivity contribution in [3.05, 3.63) is 48.3 Å². The fourth-order valence-electron chi connectivity index (χ4n) is 2.49. The van der Waals surface area contributed by atoms with Crippen molar-refractivity contribution < 1.29 is 18.7 Å². The van der Waals surface area contributed by atoms with Crippen LogP contribution in [0.15, 0.2) is 47.6 Å². The van der Waals surface area contributed by atoms with E-state index in [1.807, 2.05) is 0 Å². The Bertz CT molecular complexity index is 981. The van der Waals surface area contributed by atoms with Gasteiger partial charge in [0.2, 0.25) is 11.1 Å². The SMILES string of the molecule is O=C(CSc1nnnn1-c1ccc2c(c1)OCCO2)Nc1cccc(F)c1. The second-order valence-corrected chi connectivity index (χ2v) is 6.49. The maximum atomic E-state index is 13.2. The number of fused-ring (bicyclic) bond motifs is 1. The molecule has 0 saturated heterocycles. The molecule has 2 heterocycles. The van der Waals surface area contributed by atoms with E-state index in [4.69, 9.17) is 9.47 Å². The fraction of sp³-hybridized carbons (Fsp3) is 0.176. The monoisotopic (exact) mass is 387 g/mol. The number of nitrogens with one attached hydrogen (secondary N) is 1. The van der Waals surface area contributed by atoms with E-state index in [0.717, 1.165) is 0 Å². The van der Waals surface area contributed by atoms with Gasteiger partial charge >= 0.3 is 0 Å². The lowest BCUT2D eigenvalue weighted by molar-refractivity contribution is -0.113. The van der Waals surface area contributed by atoms with Gasteiger partial charge in [-0.2, -0.15) is 4.68 Å². The first kappa shape index (κ1) is 17.3. The first-order valence-electron chi connectivity index (χ1n) is 8.06. The topological polar surface area (TPSA) is 91.2 Å². The third-order valence-electron chi connectivity index (χ3n) is 3.65. The number of hydrogen-bond acceptors (Lipinski definition) is 7. The number of hydrogen-bond donors (Lipinski definition) is 1. The van der Waals surface area contributed by atoms with Gasteiger partial charge in [0.15, 0.2) is 11.5 Å². The van der Waals surface area contributed by atoms with Crippen LogP contribution in [0.5, 0.6) is 11.5 Å². The highest BCUT2D eigenvalue weighted by molar-refractivity contribution is 7.99. The summed E-state index contributed by atoms with van der Waals surface area (Å²) < 4.78 is 25.8. The molecule has 0 saturated carbocycles. The maximum absolute atomic E-state index is 13.2. The van der Waals surface area contributed by atoms with Crippen molar-refractivity contribution in [3.63, 3.8) is 0 Å². The van der Waals surface area contributed by atoms with Crippen LogP contribution < -0.4 is 14.8 Å². The van der Waals surface area contributed by atoms with Crippen LogP contribution in [0.3, 0.4) is 0 Å². The second-order valence-electron chi connectivity index (χ2n) is 5.55. The van der Waals surface area contributed by atoms with Crippen LogP contribution in [0.4, 0.5) is 10.1 Å². The summed E-state index contributed by atoms with van der Waals surface area (Å²) in [6, 6.07) is 11.1. The predicted octanol–water partition coefficient (Wildman–Crippen LogP) is 2.30. The molecule has 1 aliphatic heterocycles. The number of thioether (sulfide) groups is 1. The van der Waals surface area contributed by atoms with Crippen molar-refractivity contribution in [3.8, 4) is 17.2 Å². The van der Waals surface area contributed by atoms with Gasteiger partial charge in [0.25, 0.3) is 0 Å². The number of amides is 1. The number of rotatable bonds is 5. The van der Waals surface area contributed by atoms with E-state index in [2.05, 4.69) is 20.8 Å². The highest BCUT2D eigenvalue weighted by Crippen LogP contribution is 2.32. The summed E-state index contributed by atoms with van der Waals surface area (Å²) in [5.41, 5.74) is 1.09. The fourth-order valence-corrected chi connectivity index (χ4v) is 3.18. The van der Waals surface area contributed by atoms with Crippen LogP contribution in [-0.2, 0) is 4.79 Å². The van der Waals surface area contributed by atoms with E-state index in [-0.39, 0.29) is 11.7 Å². The molecule has 0 fully saturated rings. The molecular formula is C17H14FN5O3S. The molecule has 2 aromatic carbocycles. The Morgan fingerprint density at radius 2 is 2.04 bits per heavy atom. The number of carbonyl (C=O) groups is 1. The van der Waals surface area contributed by atoms with Crippen molar-refractivity contribution in [2.24, 2.45) is 0 Å². The quantitative estimate of drug-likeness (QED) is 0.672. The molecule has 138 valence electrons. The van der Waals surface area contributed by atoms with Crippen LogP contribution in [0.1, 0.15) is 0 Å². The number of anilines is 1. The summed E-state index contributed by atoms with van der Waals surface area (Å²) in [5, 5.41) is 14.7. The first-order chi connectivity index (χ1) is 13.2. The lowest BCUT2D eigenvalue weighted by Crippen LogP contribution is -2.16. The summed E-state index contributed by atoms with van der Waals surface area (Å²) in [4.78, 5) is 12.1. The third kappa shape index (κ3) is 4.00. The second kappa shape index (κ2) is 7.62. The summed E-state index contributed by atoms with van der Waals surface area (Å²) in [7, 11) is 0. The molecule has 8 nitrogen and oxygen atoms in total. The Morgan fingerprint density at radius 3 is 2.89 bits per heavy atom. The summed E-state index contributed by atoms with van der Waals surface area (Å²) in [5.74, 6) is 0.655. The van der Waals surface area contributed by atoms with E-state index in [1.165, 1.54) is 34.6 Å². The van der Waals surface area contributed by atoms with Gasteiger partial charge in [-0.05, 0) is 40.8 Å². The molecule has 27 heavy (non-hydrogen) atoms. The predicted molar refractivity (Wildman–Crippen MR) is 95.9 cm³/mol. The van der Waals surface area contributed by atoms with Gasteiger partial charge in [-0.3, -0.25) is 4.79 Å². The molecule has 0 unspecified atom stereocenters. The molecule has 1 aromatic heterocycles. The lowest BCUT2D eigenvalue weighted by atomic mass is 10.2. The highest BCUT2D eigenvalue weighted by Gasteiger charge is 2.16. The van der Waals surface area contributed by atoms with Crippen LogP contribution in [-0.4, -0.2) is 45.1 Å². The van der Waals surface area contributed by atoms with Gasteiger partial charge in [0.05, 0.1) is 11.4 Å². The van der Waals surface area contributed by atoms with E-state index >= 15 is 0 Å². The molecule has 0 radical (unpaired) electrons. The number of tetrazole rings is 1. The molecule has 0 spiro atoms. The van der Waals surface area contributed by atoms with Crippen molar-refractivity contribution >= 4 is 23.4 Å². The first-order valence-corrected chi connectivity index (χ1v) is 9.04. The number of halogens is 1. The van der Waals surface area contributed by atoms with Crippen molar-refractivity contribution in [1.29, 1.82) is 0 Å². The highest BCUT2D eigenvalue weighted by atomic mass is 32.2. The van der Waals surface area contributed by atoms with Crippen LogP contribution in [0, 0.1) is 5.82 Å². The zero-order valence-electron chi connectivity index (χ0n) is 14.0. The Balaban J connectivity index is 1.44. The number of nitrogens with zero attached hydrogens (tertiary/aromatic N) is 4. The lowest BCUT2D eigenvalue weighted by Gasteiger charge is -2.18. The summed E-state index contributed by atoms with van der Waals surface area (Å²) >= 11 is 1.17. The molecular weight excluding hydrogens is 373 g/mol. The zero-order chi connectivity index (χ0) is 18.6. The standard InChI is InChI=1S/C17H14FN5O3S/c18-11-2-1-3-12(8-11)19-16(24)10-27-17-20-21-22-23(17)13-4-5-14-15(9-13)26-7-6-25-14/h1-5,8-9H,6-7,10H2,(H,19,24). The van der Waals surface area contributed by atoms with Gasteiger partial charge < -0.3 is 14.8 Å². The van der Waals surface area contributed by atoms with E-state index < -0.39 is 5.82 Å². The summed E-state index contributed by atoms with van der Waals surface area (Å²) in [6.07, 6.45) is 0. The largest absolute Gasteiger partial charge is 0.486 e. The van der Waals surface area contributed by atoms with Crippen LogP contribution >= 0.6 is 11.8 Å². The Labute approximate surface area is 157 Å². The Hall–Kier alpha value is -3.14. The van der Waals surface area contributed by atoms with Gasteiger partial charge in [-0.1, -0.05) is 17.8 Å². The summed E-state index contributed by atoms with van der Waals surface area (Å²) in [6.45, 7) is 0.993. The molecule has 4 rings (SSSR count). The third-order valence-corrected chi connectivity index (χ3v) is 4.57. The Morgan fingerprint density at radius 1 is 1.19 bits per heavy atom. The van der Waals surface area contributed by atoms with Gasteiger partial charge in [0.1, 0.15) is 19.0 Å². The smallest absolute Gasteiger partial charge is 0.234 e. The molecule has 1 aliphatic rings. The minimum Gasteiger partial charge on any atom is -0.486 e. The normalized spacial score (nSPS) is 12.6. The average Bonchev–Trinajstić information content (AvgIpc) is 3.15. The molecule has 3 aromatic rings. The number of aromatic nitrogens is 4. The van der Waals surface area contributed by atoms with E-state index in [0.29, 0.717) is 41.2 Å². The molecule has 1 amide bonds.